The van der Waals surface area contributed by atoms with Gasteiger partial charge in [-0.3, -0.25) is 0 Å². The van der Waals surface area contributed by atoms with Gasteiger partial charge in [0.2, 0.25) is 0 Å². The van der Waals surface area contributed by atoms with E-state index in [4.69, 9.17) is 10.00 Å². The first-order valence-corrected chi connectivity index (χ1v) is 6.62. The number of methoxy groups -OCH3 is 1. The van der Waals surface area contributed by atoms with Gasteiger partial charge in [0.15, 0.2) is 0 Å². The molecule has 1 aromatic rings. The summed E-state index contributed by atoms with van der Waals surface area (Å²) in [6.07, 6.45) is 0.641. The van der Waals surface area contributed by atoms with E-state index in [0.717, 1.165) is 31.7 Å². The first-order chi connectivity index (χ1) is 9.22. The van der Waals surface area contributed by atoms with Crippen LogP contribution >= 0.6 is 0 Å². The molecule has 0 bridgehead atoms. The molecular formula is C15H20N2O2. The molecule has 2 unspecified atom stereocenters. The van der Waals surface area contributed by atoms with E-state index in [1.54, 1.807) is 19.2 Å². The fourth-order valence-corrected chi connectivity index (χ4v) is 2.58. The Morgan fingerprint density at radius 1 is 1.47 bits per heavy atom. The molecule has 4 nitrogen and oxygen atoms in total. The van der Waals surface area contributed by atoms with Crippen LogP contribution in [0.15, 0.2) is 24.3 Å². The van der Waals surface area contributed by atoms with Crippen molar-refractivity contribution in [3.8, 4) is 6.07 Å². The number of hydrogen-bond acceptors (Lipinski definition) is 4. The Bertz CT molecular complexity index is 438. The van der Waals surface area contributed by atoms with Gasteiger partial charge in [-0.25, -0.2) is 0 Å². The number of aliphatic hydroxyl groups excluding tert-OH is 1. The van der Waals surface area contributed by atoms with Crippen molar-refractivity contribution in [2.45, 2.75) is 12.5 Å². The van der Waals surface area contributed by atoms with Crippen molar-refractivity contribution < 1.29 is 9.84 Å². The Morgan fingerprint density at radius 3 is 2.84 bits per heavy atom. The summed E-state index contributed by atoms with van der Waals surface area (Å²) in [6, 6.07) is 9.22. The van der Waals surface area contributed by atoms with Crippen molar-refractivity contribution in [1.82, 2.24) is 4.90 Å². The van der Waals surface area contributed by atoms with E-state index >= 15 is 0 Å². The highest BCUT2D eigenvalue weighted by molar-refractivity contribution is 5.32. The molecule has 1 aliphatic heterocycles. The molecule has 1 heterocycles. The SMILES string of the molecule is COCC1CCN(CC(O)c2ccc(C#N)cc2)C1. The van der Waals surface area contributed by atoms with Gasteiger partial charge in [0, 0.05) is 20.2 Å². The number of benzene rings is 1. The lowest BCUT2D eigenvalue weighted by molar-refractivity contribution is 0.115. The summed E-state index contributed by atoms with van der Waals surface area (Å²) in [6.45, 7) is 3.44. The average Bonchev–Trinajstić information content (AvgIpc) is 2.86. The van der Waals surface area contributed by atoms with Crippen LogP contribution in [-0.2, 0) is 4.74 Å². The van der Waals surface area contributed by atoms with Crippen LogP contribution in [0.3, 0.4) is 0 Å². The Kier molecular flexibility index (Phi) is 4.92. The minimum absolute atomic E-state index is 0.492. The molecule has 4 heteroatoms. The van der Waals surface area contributed by atoms with Crippen molar-refractivity contribution in [2.24, 2.45) is 5.92 Å². The van der Waals surface area contributed by atoms with E-state index in [1.807, 2.05) is 12.1 Å². The van der Waals surface area contributed by atoms with Crippen LogP contribution in [0.2, 0.25) is 0 Å². The molecule has 0 aromatic heterocycles. The van der Waals surface area contributed by atoms with Crippen LogP contribution in [0.4, 0.5) is 0 Å². The smallest absolute Gasteiger partial charge is 0.0991 e. The molecule has 2 rings (SSSR count). The minimum atomic E-state index is -0.492. The van der Waals surface area contributed by atoms with Crippen molar-refractivity contribution in [1.29, 1.82) is 5.26 Å². The standard InChI is InChI=1S/C15H20N2O2/c1-19-11-13-6-7-17(9-13)10-15(18)14-4-2-12(8-16)3-5-14/h2-5,13,15,18H,6-7,9-11H2,1H3. The molecule has 2 atom stereocenters. The molecule has 1 fully saturated rings. The van der Waals surface area contributed by atoms with E-state index in [9.17, 15) is 5.11 Å². The number of nitrogens with zero attached hydrogens (tertiary/aromatic N) is 2. The number of aliphatic hydroxyl groups is 1. The van der Waals surface area contributed by atoms with Crippen LogP contribution in [0, 0.1) is 17.2 Å². The Labute approximate surface area is 114 Å². The molecule has 0 radical (unpaired) electrons. The van der Waals surface area contributed by atoms with Crippen LogP contribution in [-0.4, -0.2) is 43.4 Å². The summed E-state index contributed by atoms with van der Waals surface area (Å²) in [4.78, 5) is 2.27. The highest BCUT2D eigenvalue weighted by atomic mass is 16.5. The van der Waals surface area contributed by atoms with Crippen LogP contribution in [0.5, 0.6) is 0 Å². The lowest BCUT2D eigenvalue weighted by atomic mass is 10.1. The number of rotatable bonds is 5. The molecule has 19 heavy (non-hydrogen) atoms. The highest BCUT2D eigenvalue weighted by Crippen LogP contribution is 2.21. The third-order valence-electron chi connectivity index (χ3n) is 3.63. The van der Waals surface area contributed by atoms with Crippen molar-refractivity contribution in [2.75, 3.05) is 33.4 Å². The summed E-state index contributed by atoms with van der Waals surface area (Å²) in [5, 5.41) is 18.9. The maximum atomic E-state index is 10.2. The fourth-order valence-electron chi connectivity index (χ4n) is 2.58. The largest absolute Gasteiger partial charge is 0.387 e. The van der Waals surface area contributed by atoms with Crippen LogP contribution in [0.25, 0.3) is 0 Å². The first-order valence-electron chi connectivity index (χ1n) is 6.62. The number of nitriles is 1. The molecule has 0 aliphatic carbocycles. The zero-order valence-corrected chi connectivity index (χ0v) is 11.2. The number of hydrogen-bond donors (Lipinski definition) is 1. The van der Waals surface area contributed by atoms with E-state index in [-0.39, 0.29) is 0 Å². The summed E-state index contributed by atoms with van der Waals surface area (Å²) < 4.78 is 5.17. The third kappa shape index (κ3) is 3.77. The second-order valence-corrected chi connectivity index (χ2v) is 5.12. The van der Waals surface area contributed by atoms with Gasteiger partial charge in [-0.05, 0) is 36.6 Å². The Morgan fingerprint density at radius 2 is 2.21 bits per heavy atom. The molecule has 0 spiro atoms. The molecule has 0 amide bonds. The summed E-state index contributed by atoms with van der Waals surface area (Å²) in [5.41, 5.74) is 1.49. The van der Waals surface area contributed by atoms with E-state index in [0.29, 0.717) is 18.0 Å². The summed E-state index contributed by atoms with van der Waals surface area (Å²) in [5.74, 6) is 0.582. The normalized spacial score (nSPS) is 21.2. The molecule has 1 saturated heterocycles. The van der Waals surface area contributed by atoms with Gasteiger partial charge < -0.3 is 14.7 Å². The minimum Gasteiger partial charge on any atom is -0.387 e. The quantitative estimate of drug-likeness (QED) is 0.873. The van der Waals surface area contributed by atoms with Crippen molar-refractivity contribution >= 4 is 0 Å². The van der Waals surface area contributed by atoms with E-state index < -0.39 is 6.10 Å². The third-order valence-corrected chi connectivity index (χ3v) is 3.63. The van der Waals surface area contributed by atoms with Gasteiger partial charge in [-0.15, -0.1) is 0 Å². The van der Waals surface area contributed by atoms with E-state index in [1.165, 1.54) is 0 Å². The van der Waals surface area contributed by atoms with Gasteiger partial charge in [0.1, 0.15) is 0 Å². The average molecular weight is 260 g/mol. The Hall–Kier alpha value is -1.41. The molecule has 1 N–H and O–H groups in total. The van der Waals surface area contributed by atoms with E-state index in [2.05, 4.69) is 11.0 Å². The second-order valence-electron chi connectivity index (χ2n) is 5.12. The van der Waals surface area contributed by atoms with Crippen molar-refractivity contribution in [3.63, 3.8) is 0 Å². The number of β-amino-alcohol motifs (C(OH)–C–C–N with tert-alkyl or cyclic N) is 1. The molecule has 1 aliphatic rings. The Balaban J connectivity index is 1.87. The van der Waals surface area contributed by atoms with Gasteiger partial charge in [-0.1, -0.05) is 12.1 Å². The lowest BCUT2D eigenvalue weighted by Crippen LogP contribution is -2.27. The second kappa shape index (κ2) is 6.67. The predicted molar refractivity (Wildman–Crippen MR) is 72.5 cm³/mol. The summed E-state index contributed by atoms with van der Waals surface area (Å²) in [7, 11) is 1.73. The monoisotopic (exact) mass is 260 g/mol. The van der Waals surface area contributed by atoms with Crippen LogP contribution < -0.4 is 0 Å². The molecule has 102 valence electrons. The van der Waals surface area contributed by atoms with Gasteiger partial charge in [-0.2, -0.15) is 5.26 Å². The van der Waals surface area contributed by atoms with Gasteiger partial charge in [0.05, 0.1) is 24.3 Å². The maximum Gasteiger partial charge on any atom is 0.0991 e. The number of likely N-dealkylation sites (tertiary alicyclic amines) is 1. The topological polar surface area (TPSA) is 56.5 Å². The lowest BCUT2D eigenvalue weighted by Gasteiger charge is -2.20. The van der Waals surface area contributed by atoms with Crippen LogP contribution in [0.1, 0.15) is 23.7 Å². The fraction of sp³-hybridized carbons (Fsp3) is 0.533. The maximum absolute atomic E-state index is 10.2. The zero-order valence-electron chi connectivity index (χ0n) is 11.2. The predicted octanol–water partition coefficient (Wildman–Crippen LogP) is 1.56. The molecule has 1 aromatic carbocycles. The number of ether oxygens (including phenoxy) is 1. The first kappa shape index (κ1) is 14.0. The zero-order chi connectivity index (χ0) is 13.7. The van der Waals surface area contributed by atoms with Gasteiger partial charge >= 0.3 is 0 Å². The highest BCUT2D eigenvalue weighted by Gasteiger charge is 2.24. The molecular weight excluding hydrogens is 240 g/mol. The summed E-state index contributed by atoms with van der Waals surface area (Å²) >= 11 is 0. The van der Waals surface area contributed by atoms with Gasteiger partial charge in [0.25, 0.3) is 0 Å². The van der Waals surface area contributed by atoms with Crippen molar-refractivity contribution in [3.05, 3.63) is 35.4 Å². The molecule has 0 saturated carbocycles.